The number of aromatic nitrogens is 3. The monoisotopic (exact) mass is 271 g/mol. The van der Waals surface area contributed by atoms with Gasteiger partial charge in [0.2, 0.25) is 0 Å². The molecule has 0 amide bonds. The Morgan fingerprint density at radius 2 is 1.75 bits per heavy atom. The average Bonchev–Trinajstić information content (AvgIpc) is 2.56. The van der Waals surface area contributed by atoms with Crippen molar-refractivity contribution < 1.29 is 0 Å². The lowest BCUT2D eigenvalue weighted by Crippen LogP contribution is -2.47. The third kappa shape index (κ3) is 2.62. The first-order chi connectivity index (χ1) is 9.86. The SMILES string of the molecule is NNc1cncc(N2CCN(c3ccccn3)CC2)n1. The van der Waals surface area contributed by atoms with Crippen LogP contribution in [0, 0.1) is 0 Å². The number of hydrogen-bond acceptors (Lipinski definition) is 7. The molecule has 3 N–H and O–H groups in total. The Morgan fingerprint density at radius 1 is 1.00 bits per heavy atom. The molecule has 0 atom stereocenters. The van der Waals surface area contributed by atoms with E-state index in [0.29, 0.717) is 5.82 Å². The molecule has 3 heterocycles. The molecule has 104 valence electrons. The Kier molecular flexibility index (Phi) is 3.60. The van der Waals surface area contributed by atoms with Crippen LogP contribution in [0.15, 0.2) is 36.8 Å². The van der Waals surface area contributed by atoms with Crippen molar-refractivity contribution in [2.45, 2.75) is 0 Å². The number of hydrogen-bond donors (Lipinski definition) is 2. The lowest BCUT2D eigenvalue weighted by atomic mass is 10.3. The van der Waals surface area contributed by atoms with Crippen molar-refractivity contribution in [2.24, 2.45) is 5.84 Å². The Balaban J connectivity index is 1.66. The smallest absolute Gasteiger partial charge is 0.160 e. The number of anilines is 3. The van der Waals surface area contributed by atoms with Crippen LogP contribution in [0.25, 0.3) is 0 Å². The van der Waals surface area contributed by atoms with Gasteiger partial charge >= 0.3 is 0 Å². The number of hydrazine groups is 1. The molecular weight excluding hydrogens is 254 g/mol. The Bertz CT molecular complexity index is 552. The average molecular weight is 271 g/mol. The van der Waals surface area contributed by atoms with E-state index in [1.165, 1.54) is 0 Å². The molecule has 2 aromatic heterocycles. The zero-order chi connectivity index (χ0) is 13.8. The summed E-state index contributed by atoms with van der Waals surface area (Å²) in [6.45, 7) is 3.61. The van der Waals surface area contributed by atoms with E-state index in [4.69, 9.17) is 5.84 Å². The van der Waals surface area contributed by atoms with E-state index in [1.807, 2.05) is 24.4 Å². The Labute approximate surface area is 117 Å². The minimum atomic E-state index is 0.578. The Hall–Kier alpha value is -2.41. The van der Waals surface area contributed by atoms with Gasteiger partial charge in [0.05, 0.1) is 12.4 Å². The minimum Gasteiger partial charge on any atom is -0.353 e. The number of piperazine rings is 1. The molecule has 0 saturated carbocycles. The van der Waals surface area contributed by atoms with Crippen LogP contribution in [0.4, 0.5) is 17.5 Å². The van der Waals surface area contributed by atoms with Gasteiger partial charge < -0.3 is 15.2 Å². The molecule has 1 fully saturated rings. The zero-order valence-corrected chi connectivity index (χ0v) is 11.1. The standard InChI is InChI=1S/C13H17N7/c14-18-11-9-15-10-13(17-11)20-7-5-19(6-8-20)12-3-1-2-4-16-12/h1-4,9-10H,5-8,14H2,(H,17,18). The fourth-order valence-electron chi connectivity index (χ4n) is 2.28. The Morgan fingerprint density at radius 3 is 2.40 bits per heavy atom. The van der Waals surface area contributed by atoms with Crippen molar-refractivity contribution in [3.8, 4) is 0 Å². The molecule has 0 bridgehead atoms. The van der Waals surface area contributed by atoms with E-state index < -0.39 is 0 Å². The number of rotatable bonds is 3. The normalized spacial score (nSPS) is 15.2. The van der Waals surface area contributed by atoms with Crippen LogP contribution in [-0.2, 0) is 0 Å². The molecule has 1 saturated heterocycles. The number of pyridine rings is 1. The highest BCUT2D eigenvalue weighted by Crippen LogP contribution is 2.17. The summed E-state index contributed by atoms with van der Waals surface area (Å²) in [5, 5.41) is 0. The third-order valence-corrected chi connectivity index (χ3v) is 3.35. The summed E-state index contributed by atoms with van der Waals surface area (Å²) in [6, 6.07) is 5.98. The predicted octanol–water partition coefficient (Wildman–Crippen LogP) is 0.484. The summed E-state index contributed by atoms with van der Waals surface area (Å²) in [5.41, 5.74) is 2.52. The van der Waals surface area contributed by atoms with Crippen molar-refractivity contribution in [3.05, 3.63) is 36.8 Å². The second-order valence-electron chi connectivity index (χ2n) is 4.57. The van der Waals surface area contributed by atoms with Crippen LogP contribution in [0.3, 0.4) is 0 Å². The fraction of sp³-hybridized carbons (Fsp3) is 0.308. The maximum atomic E-state index is 5.36. The molecule has 7 heteroatoms. The van der Waals surface area contributed by atoms with Crippen LogP contribution in [0.2, 0.25) is 0 Å². The van der Waals surface area contributed by atoms with Gasteiger partial charge in [-0.1, -0.05) is 6.07 Å². The molecule has 0 aliphatic carbocycles. The second kappa shape index (κ2) is 5.70. The lowest BCUT2D eigenvalue weighted by molar-refractivity contribution is 0.641. The molecule has 2 aromatic rings. The van der Waals surface area contributed by atoms with Crippen molar-refractivity contribution in [1.29, 1.82) is 0 Å². The van der Waals surface area contributed by atoms with E-state index in [9.17, 15) is 0 Å². The molecule has 3 rings (SSSR count). The second-order valence-corrected chi connectivity index (χ2v) is 4.57. The van der Waals surface area contributed by atoms with E-state index >= 15 is 0 Å². The molecule has 20 heavy (non-hydrogen) atoms. The molecule has 1 aliphatic heterocycles. The minimum absolute atomic E-state index is 0.578. The first-order valence-electron chi connectivity index (χ1n) is 6.56. The van der Waals surface area contributed by atoms with Gasteiger partial charge in [-0.25, -0.2) is 15.8 Å². The van der Waals surface area contributed by atoms with E-state index in [1.54, 1.807) is 12.4 Å². The molecule has 1 aliphatic rings. The highest BCUT2D eigenvalue weighted by molar-refractivity contribution is 5.46. The van der Waals surface area contributed by atoms with Gasteiger partial charge in [-0.2, -0.15) is 0 Å². The number of nitrogens with zero attached hydrogens (tertiary/aromatic N) is 5. The zero-order valence-electron chi connectivity index (χ0n) is 11.1. The van der Waals surface area contributed by atoms with Crippen LogP contribution < -0.4 is 21.1 Å². The quantitative estimate of drug-likeness (QED) is 0.620. The first-order valence-corrected chi connectivity index (χ1v) is 6.56. The van der Waals surface area contributed by atoms with Gasteiger partial charge in [0, 0.05) is 32.4 Å². The highest BCUT2D eigenvalue weighted by atomic mass is 15.3. The van der Waals surface area contributed by atoms with Crippen molar-refractivity contribution >= 4 is 17.5 Å². The lowest BCUT2D eigenvalue weighted by Gasteiger charge is -2.35. The summed E-state index contributed by atoms with van der Waals surface area (Å²) in [4.78, 5) is 17.4. The first kappa shape index (κ1) is 12.6. The van der Waals surface area contributed by atoms with E-state index in [2.05, 4.69) is 30.2 Å². The number of nitrogens with two attached hydrogens (primary N) is 1. The largest absolute Gasteiger partial charge is 0.353 e. The maximum Gasteiger partial charge on any atom is 0.160 e. The van der Waals surface area contributed by atoms with Crippen molar-refractivity contribution in [1.82, 2.24) is 15.0 Å². The third-order valence-electron chi connectivity index (χ3n) is 3.35. The van der Waals surface area contributed by atoms with Gasteiger partial charge in [-0.15, -0.1) is 0 Å². The number of nitrogen functional groups attached to an aromatic ring is 1. The molecule has 0 radical (unpaired) electrons. The fourth-order valence-corrected chi connectivity index (χ4v) is 2.28. The van der Waals surface area contributed by atoms with Gasteiger partial charge in [0.15, 0.2) is 5.82 Å². The molecular formula is C13H17N7. The van der Waals surface area contributed by atoms with E-state index in [-0.39, 0.29) is 0 Å². The number of nitrogens with one attached hydrogen (secondary N) is 1. The predicted molar refractivity (Wildman–Crippen MR) is 78.5 cm³/mol. The summed E-state index contributed by atoms with van der Waals surface area (Å²) in [7, 11) is 0. The summed E-state index contributed by atoms with van der Waals surface area (Å²) in [5.74, 6) is 7.81. The molecule has 7 nitrogen and oxygen atoms in total. The van der Waals surface area contributed by atoms with Gasteiger partial charge in [0.25, 0.3) is 0 Å². The molecule has 0 spiro atoms. The summed E-state index contributed by atoms with van der Waals surface area (Å²) >= 11 is 0. The van der Waals surface area contributed by atoms with Crippen LogP contribution in [0.5, 0.6) is 0 Å². The van der Waals surface area contributed by atoms with Gasteiger partial charge in [0.1, 0.15) is 11.6 Å². The molecule has 0 aromatic carbocycles. The van der Waals surface area contributed by atoms with Crippen molar-refractivity contribution in [2.75, 3.05) is 41.4 Å². The topological polar surface area (TPSA) is 83.2 Å². The van der Waals surface area contributed by atoms with Crippen LogP contribution >= 0.6 is 0 Å². The maximum absolute atomic E-state index is 5.36. The van der Waals surface area contributed by atoms with E-state index in [0.717, 1.165) is 37.8 Å². The highest BCUT2D eigenvalue weighted by Gasteiger charge is 2.19. The van der Waals surface area contributed by atoms with Crippen LogP contribution in [0.1, 0.15) is 0 Å². The van der Waals surface area contributed by atoms with Gasteiger partial charge in [-0.05, 0) is 12.1 Å². The molecule has 0 unspecified atom stereocenters. The van der Waals surface area contributed by atoms with Crippen LogP contribution in [-0.4, -0.2) is 41.1 Å². The summed E-state index contributed by atoms with van der Waals surface area (Å²) < 4.78 is 0. The van der Waals surface area contributed by atoms with Gasteiger partial charge in [-0.3, -0.25) is 4.98 Å². The summed E-state index contributed by atoms with van der Waals surface area (Å²) in [6.07, 6.45) is 5.19. The van der Waals surface area contributed by atoms with Crippen molar-refractivity contribution in [3.63, 3.8) is 0 Å².